The molecule has 2 N–H and O–H groups in total. The van der Waals surface area contributed by atoms with Crippen LogP contribution in [0.15, 0.2) is 35.5 Å². The molecule has 0 atom stereocenters. The molecule has 0 saturated carbocycles. The summed E-state index contributed by atoms with van der Waals surface area (Å²) in [6, 6.07) is 8.26. The molecule has 144 valence electrons. The van der Waals surface area contributed by atoms with Crippen LogP contribution in [0.25, 0.3) is 11.0 Å². The Morgan fingerprint density at radius 3 is 2.85 bits per heavy atom. The van der Waals surface area contributed by atoms with Crippen LogP contribution in [0.2, 0.25) is 0 Å². The molecule has 0 radical (unpaired) electrons. The molecule has 0 saturated heterocycles. The fraction of sp³-hybridized carbons (Fsp3) is 0.450. The minimum atomic E-state index is 0.735. The van der Waals surface area contributed by atoms with E-state index in [1.807, 2.05) is 12.3 Å². The number of nitrogens with zero attached hydrogens (tertiary/aromatic N) is 4. The molecule has 3 rings (SSSR count). The van der Waals surface area contributed by atoms with E-state index in [-0.39, 0.29) is 0 Å². The Hall–Kier alpha value is -2.41. The zero-order valence-electron chi connectivity index (χ0n) is 16.3. The number of rotatable bonds is 8. The van der Waals surface area contributed by atoms with E-state index in [0.717, 1.165) is 61.3 Å². The lowest BCUT2D eigenvalue weighted by atomic mass is 10.3. The van der Waals surface area contributed by atoms with E-state index in [4.69, 9.17) is 0 Å². The smallest absolute Gasteiger partial charge is 0.191 e. The SMILES string of the molecule is CCNC(=NCCc1ncc(CC)s1)NCCn1c(C)nc2ccccc21. The average molecular weight is 385 g/mol. The van der Waals surface area contributed by atoms with Gasteiger partial charge in [-0.3, -0.25) is 4.99 Å². The summed E-state index contributed by atoms with van der Waals surface area (Å²) in [7, 11) is 0. The number of aromatic nitrogens is 3. The number of nitrogens with one attached hydrogen (secondary N) is 2. The summed E-state index contributed by atoms with van der Waals surface area (Å²) >= 11 is 1.79. The summed E-state index contributed by atoms with van der Waals surface area (Å²) in [5, 5.41) is 7.90. The first kappa shape index (κ1) is 19.4. The van der Waals surface area contributed by atoms with E-state index < -0.39 is 0 Å². The lowest BCUT2D eigenvalue weighted by molar-refractivity contribution is 0.660. The molecule has 7 heteroatoms. The predicted molar refractivity (Wildman–Crippen MR) is 114 cm³/mol. The standard InChI is InChI=1S/C20H28N6S/c1-4-16-14-24-19(27-16)10-11-22-20(21-5-2)23-12-13-26-15(3)25-17-8-6-7-9-18(17)26/h6-9,14H,4-5,10-13H2,1-3H3,(H2,21,22,23). The average Bonchev–Trinajstić information content (AvgIpc) is 3.26. The van der Waals surface area contributed by atoms with Crippen molar-refractivity contribution in [3.05, 3.63) is 46.2 Å². The van der Waals surface area contributed by atoms with Gasteiger partial charge in [0.1, 0.15) is 5.82 Å². The van der Waals surface area contributed by atoms with Crippen molar-refractivity contribution >= 4 is 28.3 Å². The molecule has 0 fully saturated rings. The maximum Gasteiger partial charge on any atom is 0.191 e. The Bertz CT molecular complexity index is 895. The van der Waals surface area contributed by atoms with Gasteiger partial charge in [0.05, 0.1) is 16.0 Å². The summed E-state index contributed by atoms with van der Waals surface area (Å²) in [5.41, 5.74) is 2.22. The summed E-state index contributed by atoms with van der Waals surface area (Å²) in [6.07, 6.45) is 3.91. The van der Waals surface area contributed by atoms with Crippen molar-refractivity contribution in [2.75, 3.05) is 19.6 Å². The monoisotopic (exact) mass is 384 g/mol. The molecule has 0 aliphatic rings. The number of imidazole rings is 1. The van der Waals surface area contributed by atoms with Gasteiger partial charge in [-0.25, -0.2) is 9.97 Å². The van der Waals surface area contributed by atoms with Crippen LogP contribution in [-0.4, -0.2) is 40.1 Å². The van der Waals surface area contributed by atoms with Gasteiger partial charge in [-0.2, -0.15) is 0 Å². The summed E-state index contributed by atoms with van der Waals surface area (Å²) < 4.78 is 2.24. The lowest BCUT2D eigenvalue weighted by Crippen LogP contribution is -2.39. The molecule has 6 nitrogen and oxygen atoms in total. The molecule has 0 bridgehead atoms. The zero-order valence-corrected chi connectivity index (χ0v) is 17.1. The topological polar surface area (TPSA) is 67.1 Å². The number of hydrogen-bond donors (Lipinski definition) is 2. The maximum atomic E-state index is 4.68. The number of aryl methyl sites for hydroxylation is 2. The molecule has 2 heterocycles. The Morgan fingerprint density at radius 1 is 1.22 bits per heavy atom. The molecule has 27 heavy (non-hydrogen) atoms. The Labute approximate surface area is 164 Å². The highest BCUT2D eigenvalue weighted by atomic mass is 32.1. The number of para-hydroxylation sites is 2. The van der Waals surface area contributed by atoms with Crippen LogP contribution >= 0.6 is 11.3 Å². The number of aliphatic imine (C=N–C) groups is 1. The van der Waals surface area contributed by atoms with Gasteiger partial charge in [-0.05, 0) is 32.4 Å². The molecular weight excluding hydrogens is 356 g/mol. The van der Waals surface area contributed by atoms with Crippen LogP contribution in [0.4, 0.5) is 0 Å². The first-order valence-corrected chi connectivity index (χ1v) is 10.4. The molecule has 0 unspecified atom stereocenters. The Balaban J connectivity index is 1.55. The zero-order chi connectivity index (χ0) is 19.1. The molecular formula is C20H28N6S. The highest BCUT2D eigenvalue weighted by Crippen LogP contribution is 2.15. The van der Waals surface area contributed by atoms with Crippen LogP contribution in [0.1, 0.15) is 29.6 Å². The van der Waals surface area contributed by atoms with Crippen LogP contribution in [-0.2, 0) is 19.4 Å². The van der Waals surface area contributed by atoms with E-state index in [9.17, 15) is 0 Å². The van der Waals surface area contributed by atoms with Gasteiger partial charge in [0.2, 0.25) is 0 Å². The quantitative estimate of drug-likeness (QED) is 0.462. The van der Waals surface area contributed by atoms with Crippen molar-refractivity contribution in [3.8, 4) is 0 Å². The van der Waals surface area contributed by atoms with E-state index in [1.165, 1.54) is 10.4 Å². The largest absolute Gasteiger partial charge is 0.357 e. The number of benzene rings is 1. The number of guanidine groups is 1. The normalized spacial score (nSPS) is 11.9. The third-order valence-electron chi connectivity index (χ3n) is 4.36. The van der Waals surface area contributed by atoms with Crippen molar-refractivity contribution in [2.24, 2.45) is 4.99 Å². The van der Waals surface area contributed by atoms with E-state index in [2.05, 4.69) is 69.1 Å². The van der Waals surface area contributed by atoms with Gasteiger partial charge in [0, 0.05) is 43.7 Å². The second kappa shape index (κ2) is 9.50. The predicted octanol–water partition coefficient (Wildman–Crippen LogP) is 3.16. The highest BCUT2D eigenvalue weighted by Gasteiger charge is 2.06. The van der Waals surface area contributed by atoms with Crippen molar-refractivity contribution in [1.29, 1.82) is 0 Å². The second-order valence-corrected chi connectivity index (χ2v) is 7.51. The molecule has 0 amide bonds. The minimum absolute atomic E-state index is 0.735. The van der Waals surface area contributed by atoms with Crippen molar-refractivity contribution in [1.82, 2.24) is 25.2 Å². The third-order valence-corrected chi connectivity index (χ3v) is 5.56. The van der Waals surface area contributed by atoms with Gasteiger partial charge >= 0.3 is 0 Å². The number of hydrogen-bond acceptors (Lipinski definition) is 4. The molecule has 1 aromatic carbocycles. The van der Waals surface area contributed by atoms with Crippen LogP contribution in [0.5, 0.6) is 0 Å². The third kappa shape index (κ3) is 5.07. The first-order chi connectivity index (χ1) is 13.2. The van der Waals surface area contributed by atoms with Crippen molar-refractivity contribution in [3.63, 3.8) is 0 Å². The van der Waals surface area contributed by atoms with Gasteiger partial charge in [0.15, 0.2) is 5.96 Å². The van der Waals surface area contributed by atoms with E-state index >= 15 is 0 Å². The minimum Gasteiger partial charge on any atom is -0.357 e. The first-order valence-electron chi connectivity index (χ1n) is 9.58. The van der Waals surface area contributed by atoms with Crippen molar-refractivity contribution < 1.29 is 0 Å². The summed E-state index contributed by atoms with van der Waals surface area (Å²) in [4.78, 5) is 15.1. The van der Waals surface area contributed by atoms with Crippen LogP contribution in [0.3, 0.4) is 0 Å². The second-order valence-electron chi connectivity index (χ2n) is 6.31. The van der Waals surface area contributed by atoms with E-state index in [0.29, 0.717) is 0 Å². The maximum absolute atomic E-state index is 4.68. The summed E-state index contributed by atoms with van der Waals surface area (Å²) in [6.45, 7) is 9.52. The van der Waals surface area contributed by atoms with E-state index in [1.54, 1.807) is 11.3 Å². The molecule has 2 aromatic heterocycles. The van der Waals surface area contributed by atoms with Crippen molar-refractivity contribution in [2.45, 2.75) is 40.2 Å². The molecule has 0 aliphatic heterocycles. The Kier molecular flexibility index (Phi) is 6.81. The van der Waals surface area contributed by atoms with Crippen LogP contribution in [0, 0.1) is 6.92 Å². The Morgan fingerprint density at radius 2 is 2.07 bits per heavy atom. The van der Waals surface area contributed by atoms with Gasteiger partial charge in [0.25, 0.3) is 0 Å². The number of fused-ring (bicyclic) bond motifs is 1. The van der Waals surface area contributed by atoms with Gasteiger partial charge < -0.3 is 15.2 Å². The van der Waals surface area contributed by atoms with Gasteiger partial charge in [-0.1, -0.05) is 19.1 Å². The fourth-order valence-electron chi connectivity index (χ4n) is 3.00. The lowest BCUT2D eigenvalue weighted by Gasteiger charge is -2.12. The summed E-state index contributed by atoms with van der Waals surface area (Å²) in [5.74, 6) is 1.89. The highest BCUT2D eigenvalue weighted by molar-refractivity contribution is 7.11. The molecule has 3 aromatic rings. The molecule has 0 spiro atoms. The van der Waals surface area contributed by atoms with Gasteiger partial charge in [-0.15, -0.1) is 11.3 Å². The fourth-order valence-corrected chi connectivity index (χ4v) is 3.85. The molecule has 0 aliphatic carbocycles. The number of thiazole rings is 1. The van der Waals surface area contributed by atoms with Crippen LogP contribution < -0.4 is 10.6 Å².